The van der Waals surface area contributed by atoms with Crippen LogP contribution in [0.15, 0.2) is 35.9 Å². The summed E-state index contributed by atoms with van der Waals surface area (Å²) < 4.78 is 0. The maximum atomic E-state index is 12.4. The van der Waals surface area contributed by atoms with Gasteiger partial charge in [0.1, 0.15) is 5.78 Å². The zero-order chi connectivity index (χ0) is 25.1. The van der Waals surface area contributed by atoms with Gasteiger partial charge in [0, 0.05) is 23.0 Å². The minimum atomic E-state index is -1.01. The number of hydrogen-bond donors (Lipinski definition) is 0. The first-order valence-electron chi connectivity index (χ1n) is 13.6. The Labute approximate surface area is 219 Å². The molecule has 196 valence electrons. The van der Waals surface area contributed by atoms with Crippen LogP contribution < -0.4 is 4.90 Å². The molecule has 7 heteroatoms. The summed E-state index contributed by atoms with van der Waals surface area (Å²) in [5, 5.41) is 0.680. The predicted octanol–water partition coefficient (Wildman–Crippen LogP) is 6.84. The number of halogens is 1. The fraction of sp³-hybridized carbons (Fsp3) is 0.690. The molecular formula is C29H38ClNO5. The summed E-state index contributed by atoms with van der Waals surface area (Å²) in [6, 6.07) is 7.50. The number of nitrogens with zero attached hydrogens (tertiary/aromatic N) is 1. The van der Waals surface area contributed by atoms with Crippen LogP contribution >= 0.6 is 11.6 Å². The zero-order valence-electron chi connectivity index (χ0n) is 21.6. The van der Waals surface area contributed by atoms with Crippen LogP contribution in [0.1, 0.15) is 72.1 Å². The third kappa shape index (κ3) is 3.95. The van der Waals surface area contributed by atoms with Gasteiger partial charge < -0.3 is 4.90 Å². The van der Waals surface area contributed by atoms with Crippen molar-refractivity contribution < 1.29 is 24.3 Å². The second kappa shape index (κ2) is 9.09. The number of ketones is 1. The molecule has 1 aromatic rings. The van der Waals surface area contributed by atoms with E-state index in [2.05, 4.69) is 19.9 Å². The minimum Gasteiger partial charge on any atom is -0.320 e. The Morgan fingerprint density at radius 2 is 1.67 bits per heavy atom. The molecule has 1 saturated heterocycles. The van der Waals surface area contributed by atoms with E-state index in [1.54, 1.807) is 0 Å². The Hall–Kier alpha value is -1.44. The molecule has 4 fully saturated rings. The molecule has 36 heavy (non-hydrogen) atoms. The highest BCUT2D eigenvalue weighted by Gasteiger charge is 2.60. The summed E-state index contributed by atoms with van der Waals surface area (Å²) in [6.07, 6.45) is 10.7. The molecule has 6 nitrogen and oxygen atoms in total. The molecule has 1 spiro atoms. The molecule has 0 N–H and O–H groups in total. The molecule has 6 rings (SSSR count). The molecule has 0 unspecified atom stereocenters. The van der Waals surface area contributed by atoms with Crippen molar-refractivity contribution in [3.8, 4) is 0 Å². The zero-order valence-corrected chi connectivity index (χ0v) is 22.4. The van der Waals surface area contributed by atoms with Crippen LogP contribution in [0.2, 0.25) is 5.02 Å². The highest BCUT2D eigenvalue weighted by atomic mass is 35.5. The van der Waals surface area contributed by atoms with Crippen LogP contribution in [-0.2, 0) is 24.3 Å². The van der Waals surface area contributed by atoms with E-state index in [-0.39, 0.29) is 30.2 Å². The third-order valence-electron chi connectivity index (χ3n) is 10.6. The Balaban J connectivity index is 1.18. The lowest BCUT2D eigenvalue weighted by atomic mass is 9.46. The summed E-state index contributed by atoms with van der Waals surface area (Å²) in [5.74, 6) is 1.65. The molecule has 0 aromatic heterocycles. The van der Waals surface area contributed by atoms with Gasteiger partial charge in [0.15, 0.2) is 13.5 Å². The monoisotopic (exact) mass is 515 g/mol. The first-order chi connectivity index (χ1) is 17.2. The standard InChI is InChI=1S/C29H38ClNO5/c1-19(32)24-10-11-25-23-9-4-20-16-29(15-14-27(20,2)26(23)12-13-28(24,25)3)35-33-17-31(18-34-36-29)22-7-5-21(30)6-8-22/h5-8,16,23-26H,4,9-15,17-18H2,1-3H3/t23-,24+,25-,26-,27-,28+/m0/s1. The van der Waals surface area contributed by atoms with Crippen molar-refractivity contribution in [3.05, 3.63) is 40.9 Å². The molecule has 1 aromatic carbocycles. The van der Waals surface area contributed by atoms with Crippen molar-refractivity contribution in [2.45, 2.75) is 77.9 Å². The molecule has 3 saturated carbocycles. The summed E-state index contributed by atoms with van der Waals surface area (Å²) in [5.41, 5.74) is 2.65. The Morgan fingerprint density at radius 3 is 2.36 bits per heavy atom. The van der Waals surface area contributed by atoms with Gasteiger partial charge in [0.05, 0.1) is 0 Å². The number of allylic oxidation sites excluding steroid dienone is 1. The van der Waals surface area contributed by atoms with Gasteiger partial charge in [-0.1, -0.05) is 31.0 Å². The van der Waals surface area contributed by atoms with Crippen LogP contribution in [-0.4, -0.2) is 25.0 Å². The second-order valence-corrected chi connectivity index (χ2v) is 12.7. The van der Waals surface area contributed by atoms with E-state index in [0.717, 1.165) is 31.4 Å². The minimum absolute atomic E-state index is 0.133. The van der Waals surface area contributed by atoms with E-state index in [4.69, 9.17) is 31.2 Å². The fourth-order valence-corrected chi connectivity index (χ4v) is 8.84. The SMILES string of the molecule is CC(=O)[C@H]1CC[C@H]2[C@@H]3CCC4=CC5(CC[C@]4(C)[C@H]3CC[C@]12C)OOCN(c1ccc(Cl)cc1)COO5. The molecule has 0 radical (unpaired) electrons. The molecular weight excluding hydrogens is 478 g/mol. The quantitative estimate of drug-likeness (QED) is 0.317. The first kappa shape index (κ1) is 24.9. The van der Waals surface area contributed by atoms with E-state index in [1.165, 1.54) is 24.8 Å². The van der Waals surface area contributed by atoms with Crippen molar-refractivity contribution in [2.24, 2.45) is 34.5 Å². The van der Waals surface area contributed by atoms with Crippen molar-refractivity contribution in [1.29, 1.82) is 0 Å². The van der Waals surface area contributed by atoms with Gasteiger partial charge in [-0.05, 0) is 111 Å². The number of benzene rings is 1. The molecule has 0 amide bonds. The normalized spacial score (nSPS) is 39.9. The number of carbonyl (C=O) groups is 1. The molecule has 1 aliphatic heterocycles. The first-order valence-corrected chi connectivity index (χ1v) is 14.0. The Kier molecular flexibility index (Phi) is 6.28. The van der Waals surface area contributed by atoms with E-state index < -0.39 is 5.79 Å². The summed E-state index contributed by atoms with van der Waals surface area (Å²) in [7, 11) is 0. The second-order valence-electron chi connectivity index (χ2n) is 12.3. The van der Waals surface area contributed by atoms with Gasteiger partial charge in [-0.25, -0.2) is 9.78 Å². The van der Waals surface area contributed by atoms with E-state index in [1.807, 2.05) is 36.1 Å². The average Bonchev–Trinajstić information content (AvgIpc) is 3.20. The summed E-state index contributed by atoms with van der Waals surface area (Å²) in [6.45, 7) is 7.14. The largest absolute Gasteiger partial charge is 0.320 e. The number of rotatable bonds is 2. The lowest BCUT2D eigenvalue weighted by Gasteiger charge is -2.59. The van der Waals surface area contributed by atoms with Gasteiger partial charge in [0.2, 0.25) is 0 Å². The lowest BCUT2D eigenvalue weighted by Crippen LogP contribution is -2.53. The molecule has 4 aliphatic carbocycles. The third-order valence-corrected chi connectivity index (χ3v) is 10.9. The highest BCUT2D eigenvalue weighted by Crippen LogP contribution is 2.67. The molecule has 5 aliphatic rings. The van der Waals surface area contributed by atoms with E-state index in [9.17, 15) is 4.79 Å². The number of anilines is 1. The summed E-state index contributed by atoms with van der Waals surface area (Å²) in [4.78, 5) is 37.5. The maximum Gasteiger partial charge on any atom is 0.252 e. The van der Waals surface area contributed by atoms with Gasteiger partial charge in [-0.3, -0.25) is 4.79 Å². The fourth-order valence-electron chi connectivity index (χ4n) is 8.71. The van der Waals surface area contributed by atoms with E-state index in [0.29, 0.717) is 35.0 Å². The predicted molar refractivity (Wildman–Crippen MR) is 137 cm³/mol. The van der Waals surface area contributed by atoms with Gasteiger partial charge >= 0.3 is 0 Å². The van der Waals surface area contributed by atoms with Crippen molar-refractivity contribution in [2.75, 3.05) is 18.4 Å². The van der Waals surface area contributed by atoms with Crippen molar-refractivity contribution >= 4 is 23.1 Å². The highest BCUT2D eigenvalue weighted by molar-refractivity contribution is 6.30. The number of fused-ring (bicyclic) bond motifs is 5. The number of hydrogen-bond acceptors (Lipinski definition) is 6. The van der Waals surface area contributed by atoms with Gasteiger partial charge in [-0.15, -0.1) is 0 Å². The van der Waals surface area contributed by atoms with Crippen LogP contribution in [0.5, 0.6) is 0 Å². The van der Waals surface area contributed by atoms with Crippen molar-refractivity contribution in [3.63, 3.8) is 0 Å². The maximum absolute atomic E-state index is 12.4. The number of carbonyl (C=O) groups excluding carboxylic acids is 1. The number of Topliss-reactive ketones (excluding diaryl/α,β-unsaturated/α-hetero) is 1. The lowest BCUT2D eigenvalue weighted by molar-refractivity contribution is -0.510. The molecule has 0 bridgehead atoms. The van der Waals surface area contributed by atoms with Crippen LogP contribution in [0.4, 0.5) is 5.69 Å². The smallest absolute Gasteiger partial charge is 0.252 e. The molecule has 1 heterocycles. The van der Waals surface area contributed by atoms with Gasteiger partial charge in [0.25, 0.3) is 5.79 Å². The van der Waals surface area contributed by atoms with Crippen LogP contribution in [0, 0.1) is 34.5 Å². The topological polar surface area (TPSA) is 57.2 Å². The average molecular weight is 516 g/mol. The van der Waals surface area contributed by atoms with Crippen molar-refractivity contribution in [1.82, 2.24) is 0 Å². The Morgan fingerprint density at radius 1 is 0.944 bits per heavy atom. The Bertz CT molecular complexity index is 1030. The van der Waals surface area contributed by atoms with Crippen LogP contribution in [0.25, 0.3) is 0 Å². The van der Waals surface area contributed by atoms with E-state index >= 15 is 0 Å². The molecule has 6 atom stereocenters. The van der Waals surface area contributed by atoms with Gasteiger partial charge in [-0.2, -0.15) is 9.78 Å². The van der Waals surface area contributed by atoms with Crippen LogP contribution in [0.3, 0.4) is 0 Å². The summed E-state index contributed by atoms with van der Waals surface area (Å²) >= 11 is 6.02.